The van der Waals surface area contributed by atoms with Gasteiger partial charge in [0, 0.05) is 19.0 Å². The summed E-state index contributed by atoms with van der Waals surface area (Å²) in [5.74, 6) is -1.95. The molecule has 0 atom stereocenters. The number of halogens is 1. The van der Waals surface area contributed by atoms with Gasteiger partial charge in [-0.3, -0.25) is 9.59 Å². The molecule has 1 fully saturated rings. The molecule has 2 amide bonds. The molecule has 7 heteroatoms. The summed E-state index contributed by atoms with van der Waals surface area (Å²) in [7, 11) is 1.28. The summed E-state index contributed by atoms with van der Waals surface area (Å²) in [5, 5.41) is 2.78. The largest absolute Gasteiger partial charge is 0.465 e. The molecule has 3 rings (SSSR count). The van der Waals surface area contributed by atoms with Crippen LogP contribution < -0.4 is 5.32 Å². The smallest absolute Gasteiger partial charge is 0.339 e. The summed E-state index contributed by atoms with van der Waals surface area (Å²) in [6.45, 7) is 0.730. The summed E-state index contributed by atoms with van der Waals surface area (Å²) in [6.07, 6.45) is 0.929. The second-order valence-corrected chi connectivity index (χ2v) is 6.57. The van der Waals surface area contributed by atoms with Gasteiger partial charge in [0.15, 0.2) is 0 Å². The molecule has 0 spiro atoms. The number of likely N-dealkylation sites (tertiary alicyclic amines) is 1. The third-order valence-electron chi connectivity index (χ3n) is 4.85. The Morgan fingerprint density at radius 3 is 2.25 bits per heavy atom. The van der Waals surface area contributed by atoms with Crippen LogP contribution in [-0.4, -0.2) is 42.9 Å². The van der Waals surface area contributed by atoms with Crippen LogP contribution in [0, 0.1) is 11.7 Å². The first-order valence-electron chi connectivity index (χ1n) is 9.03. The Kier molecular flexibility index (Phi) is 6.03. The van der Waals surface area contributed by atoms with Crippen molar-refractivity contribution in [2.75, 3.05) is 25.5 Å². The van der Waals surface area contributed by atoms with Crippen LogP contribution in [0.1, 0.15) is 33.6 Å². The van der Waals surface area contributed by atoms with Crippen molar-refractivity contribution in [1.82, 2.24) is 4.90 Å². The molecule has 2 aromatic rings. The average molecular weight is 384 g/mol. The summed E-state index contributed by atoms with van der Waals surface area (Å²) < 4.78 is 18.6. The number of esters is 1. The van der Waals surface area contributed by atoms with Gasteiger partial charge in [-0.1, -0.05) is 24.3 Å². The van der Waals surface area contributed by atoms with Gasteiger partial charge in [0.2, 0.25) is 5.91 Å². The normalized spacial score (nSPS) is 14.4. The summed E-state index contributed by atoms with van der Waals surface area (Å²) in [6, 6.07) is 12.5. The van der Waals surface area contributed by atoms with Gasteiger partial charge in [0.1, 0.15) is 5.82 Å². The Balaban J connectivity index is 1.61. The van der Waals surface area contributed by atoms with Crippen molar-refractivity contribution >= 4 is 23.5 Å². The highest BCUT2D eigenvalue weighted by atomic mass is 19.1. The van der Waals surface area contributed by atoms with Crippen molar-refractivity contribution in [2.45, 2.75) is 12.8 Å². The third kappa shape index (κ3) is 4.19. The molecule has 0 unspecified atom stereocenters. The summed E-state index contributed by atoms with van der Waals surface area (Å²) >= 11 is 0. The van der Waals surface area contributed by atoms with Crippen molar-refractivity contribution < 1.29 is 23.5 Å². The van der Waals surface area contributed by atoms with E-state index in [1.54, 1.807) is 35.2 Å². The van der Waals surface area contributed by atoms with Crippen LogP contribution in [0.2, 0.25) is 0 Å². The lowest BCUT2D eigenvalue weighted by molar-refractivity contribution is -0.121. The maximum Gasteiger partial charge on any atom is 0.339 e. The first-order valence-corrected chi connectivity index (χ1v) is 9.03. The molecule has 0 bridgehead atoms. The molecule has 6 nitrogen and oxygen atoms in total. The number of rotatable bonds is 4. The van der Waals surface area contributed by atoms with E-state index >= 15 is 0 Å². The fraction of sp³-hybridized carbons (Fsp3) is 0.286. The average Bonchev–Trinajstić information content (AvgIpc) is 2.73. The standard InChI is InChI=1S/C21H21FN2O4/c1-28-21(27)16-7-3-5-9-18(16)23-19(25)14-10-12-24(13-11-14)20(26)15-6-2-4-8-17(15)22/h2-9,14H,10-13H2,1H3,(H,23,25). The van der Waals surface area contributed by atoms with Gasteiger partial charge >= 0.3 is 5.97 Å². The number of amides is 2. The number of hydrogen-bond donors (Lipinski definition) is 1. The zero-order chi connectivity index (χ0) is 20.1. The maximum atomic E-state index is 13.8. The van der Waals surface area contributed by atoms with Crippen LogP contribution in [-0.2, 0) is 9.53 Å². The van der Waals surface area contributed by atoms with Crippen LogP contribution in [0.25, 0.3) is 0 Å². The van der Waals surface area contributed by atoms with E-state index in [0.29, 0.717) is 31.6 Å². The summed E-state index contributed by atoms with van der Waals surface area (Å²) in [4.78, 5) is 38.5. The number of piperidine rings is 1. The van der Waals surface area contributed by atoms with Crippen molar-refractivity contribution in [3.8, 4) is 0 Å². The number of nitrogens with one attached hydrogen (secondary N) is 1. The quantitative estimate of drug-likeness (QED) is 0.822. The fourth-order valence-electron chi connectivity index (χ4n) is 3.26. The van der Waals surface area contributed by atoms with Crippen LogP contribution in [0.4, 0.5) is 10.1 Å². The van der Waals surface area contributed by atoms with Crippen LogP contribution in [0.3, 0.4) is 0 Å². The third-order valence-corrected chi connectivity index (χ3v) is 4.85. The predicted octanol–water partition coefficient (Wildman–Crippen LogP) is 3.10. The van der Waals surface area contributed by atoms with E-state index in [4.69, 9.17) is 4.74 Å². The Morgan fingerprint density at radius 2 is 1.61 bits per heavy atom. The van der Waals surface area contributed by atoms with E-state index in [1.807, 2.05) is 0 Å². The SMILES string of the molecule is COC(=O)c1ccccc1NC(=O)C1CCN(C(=O)c2ccccc2F)CC1. The minimum atomic E-state index is -0.549. The monoisotopic (exact) mass is 384 g/mol. The van der Waals surface area contributed by atoms with Gasteiger partial charge in [-0.2, -0.15) is 0 Å². The van der Waals surface area contributed by atoms with Crippen LogP contribution in [0.5, 0.6) is 0 Å². The molecule has 1 aliphatic heterocycles. The van der Waals surface area contributed by atoms with Crippen LogP contribution in [0.15, 0.2) is 48.5 Å². The Hall–Kier alpha value is -3.22. The number of methoxy groups -OCH3 is 1. The molecule has 146 valence electrons. The maximum absolute atomic E-state index is 13.8. The van der Waals surface area contributed by atoms with E-state index in [9.17, 15) is 18.8 Å². The molecule has 0 radical (unpaired) electrons. The zero-order valence-electron chi connectivity index (χ0n) is 15.5. The molecule has 1 heterocycles. The van der Waals surface area contributed by atoms with E-state index < -0.39 is 11.8 Å². The molecular weight excluding hydrogens is 363 g/mol. The van der Waals surface area contributed by atoms with Gasteiger partial charge < -0.3 is 15.0 Å². The van der Waals surface area contributed by atoms with Crippen molar-refractivity contribution in [1.29, 1.82) is 0 Å². The number of nitrogens with zero attached hydrogens (tertiary/aromatic N) is 1. The summed E-state index contributed by atoms with van der Waals surface area (Å²) in [5.41, 5.74) is 0.715. The molecule has 28 heavy (non-hydrogen) atoms. The molecule has 1 aliphatic rings. The van der Waals surface area contributed by atoms with Gasteiger partial charge in [0.05, 0.1) is 23.9 Å². The topological polar surface area (TPSA) is 75.7 Å². The van der Waals surface area contributed by atoms with Gasteiger partial charge in [-0.25, -0.2) is 9.18 Å². The Labute approximate surface area is 162 Å². The Bertz CT molecular complexity index is 891. The van der Waals surface area contributed by atoms with Crippen molar-refractivity contribution in [3.63, 3.8) is 0 Å². The minimum absolute atomic E-state index is 0.0393. The first kappa shape index (κ1) is 19.5. The number of anilines is 1. The number of benzene rings is 2. The van der Waals surface area contributed by atoms with E-state index in [1.165, 1.54) is 25.3 Å². The van der Waals surface area contributed by atoms with Crippen molar-refractivity contribution in [3.05, 3.63) is 65.5 Å². The molecule has 1 N–H and O–H groups in total. The number of para-hydroxylation sites is 1. The van der Waals surface area contributed by atoms with E-state index in [0.717, 1.165) is 0 Å². The van der Waals surface area contributed by atoms with Crippen LogP contribution >= 0.6 is 0 Å². The minimum Gasteiger partial charge on any atom is -0.465 e. The molecule has 0 aromatic heterocycles. The lowest BCUT2D eigenvalue weighted by atomic mass is 9.95. The van der Waals surface area contributed by atoms with Gasteiger partial charge in [0.25, 0.3) is 5.91 Å². The first-order chi connectivity index (χ1) is 13.5. The van der Waals surface area contributed by atoms with E-state index in [-0.39, 0.29) is 28.9 Å². The zero-order valence-corrected chi connectivity index (χ0v) is 15.5. The Morgan fingerprint density at radius 1 is 1.00 bits per heavy atom. The predicted molar refractivity (Wildman–Crippen MR) is 101 cm³/mol. The molecule has 0 aliphatic carbocycles. The molecule has 1 saturated heterocycles. The molecule has 2 aromatic carbocycles. The molecular formula is C21H21FN2O4. The highest BCUT2D eigenvalue weighted by Crippen LogP contribution is 2.23. The number of hydrogen-bond acceptors (Lipinski definition) is 4. The number of carbonyl (C=O) groups is 3. The van der Waals surface area contributed by atoms with Gasteiger partial charge in [-0.15, -0.1) is 0 Å². The second kappa shape index (κ2) is 8.65. The highest BCUT2D eigenvalue weighted by molar-refractivity contribution is 6.02. The fourth-order valence-corrected chi connectivity index (χ4v) is 3.26. The number of carbonyl (C=O) groups excluding carboxylic acids is 3. The lowest BCUT2D eigenvalue weighted by Gasteiger charge is -2.31. The molecule has 0 saturated carbocycles. The van der Waals surface area contributed by atoms with E-state index in [2.05, 4.69) is 5.32 Å². The van der Waals surface area contributed by atoms with Crippen molar-refractivity contribution in [2.24, 2.45) is 5.92 Å². The second-order valence-electron chi connectivity index (χ2n) is 6.57. The van der Waals surface area contributed by atoms with Gasteiger partial charge in [-0.05, 0) is 37.1 Å². The lowest BCUT2D eigenvalue weighted by Crippen LogP contribution is -2.41. The number of ether oxygens (including phenoxy) is 1. The highest BCUT2D eigenvalue weighted by Gasteiger charge is 2.29.